The number of halogens is 1. The first kappa shape index (κ1) is 33.4. The Morgan fingerprint density at radius 2 is 1.61 bits per heavy atom. The van der Waals surface area contributed by atoms with Crippen LogP contribution in [0.3, 0.4) is 0 Å². The molecule has 1 atom stereocenters. The lowest BCUT2D eigenvalue weighted by molar-refractivity contribution is 0.0997. The monoisotopic (exact) mass is 673 g/mol. The van der Waals surface area contributed by atoms with Crippen LogP contribution in [0.1, 0.15) is 40.4 Å². The topological polar surface area (TPSA) is 151 Å². The summed E-state index contributed by atoms with van der Waals surface area (Å²) in [7, 11) is 4.70. The van der Waals surface area contributed by atoms with Crippen LogP contribution in [-0.4, -0.2) is 73.0 Å². The minimum absolute atomic E-state index is 0.102. The minimum Gasteiger partial charge on any atom is -0.493 e. The van der Waals surface area contributed by atoms with Crippen LogP contribution >= 0.6 is 0 Å². The zero-order valence-electron chi connectivity index (χ0n) is 27.3. The van der Waals surface area contributed by atoms with E-state index in [1.54, 1.807) is 37.1 Å². The van der Waals surface area contributed by atoms with Crippen molar-refractivity contribution in [1.29, 1.82) is 0 Å². The quantitative estimate of drug-likeness (QED) is 0.166. The molecule has 1 amide bonds. The fraction of sp³-hybridized carbons (Fsp3) is 0.314. The zero-order valence-corrected chi connectivity index (χ0v) is 27.3. The van der Waals surface area contributed by atoms with Gasteiger partial charge in [-0.25, -0.2) is 19.0 Å². The van der Waals surface area contributed by atoms with Crippen LogP contribution in [-0.2, 0) is 16.0 Å². The molecule has 0 radical (unpaired) electrons. The maximum atomic E-state index is 13.7. The molecule has 0 aliphatic carbocycles. The smallest absolute Gasteiger partial charge is 0.284 e. The predicted molar refractivity (Wildman–Crippen MR) is 177 cm³/mol. The Balaban J connectivity index is 1.36. The first-order valence-electron chi connectivity index (χ1n) is 15.6. The summed E-state index contributed by atoms with van der Waals surface area (Å²) < 4.78 is 51.0. The number of benzene rings is 3. The van der Waals surface area contributed by atoms with Gasteiger partial charge in [-0.2, -0.15) is 0 Å². The Morgan fingerprint density at radius 1 is 0.898 bits per heavy atom. The minimum atomic E-state index is -0.832. The first-order valence-corrected chi connectivity index (χ1v) is 15.6. The molecular formula is C35H36FN5O8. The van der Waals surface area contributed by atoms with Gasteiger partial charge in [-0.15, -0.1) is 0 Å². The Labute approximate surface area is 280 Å². The molecule has 5 aromatic rings. The highest BCUT2D eigenvalue weighted by atomic mass is 19.1. The maximum Gasteiger partial charge on any atom is 0.284 e. The number of primary amides is 1. The number of hydrogen-bond donors (Lipinski definition) is 1. The summed E-state index contributed by atoms with van der Waals surface area (Å²) in [5.41, 5.74) is 7.40. The van der Waals surface area contributed by atoms with Crippen molar-refractivity contribution in [2.75, 3.05) is 47.8 Å². The highest BCUT2D eigenvalue weighted by Gasteiger charge is 2.34. The molecule has 3 aromatic carbocycles. The Bertz CT molecular complexity index is 2030. The van der Waals surface area contributed by atoms with Crippen molar-refractivity contribution in [1.82, 2.24) is 19.3 Å². The van der Waals surface area contributed by atoms with Gasteiger partial charge in [0.15, 0.2) is 23.0 Å². The number of methoxy groups -OCH3 is 3. The Morgan fingerprint density at radius 3 is 2.29 bits per heavy atom. The molecule has 13 nitrogen and oxygen atoms in total. The number of amides is 1. The molecule has 49 heavy (non-hydrogen) atoms. The Kier molecular flexibility index (Phi) is 10.1. The Hall–Kier alpha value is -5.47. The number of carbonyl (C=O) groups is 1. The molecule has 2 aromatic heterocycles. The van der Waals surface area contributed by atoms with Crippen LogP contribution in [0.25, 0.3) is 16.6 Å². The second kappa shape index (κ2) is 14.7. The van der Waals surface area contributed by atoms with Gasteiger partial charge >= 0.3 is 0 Å². The first-order chi connectivity index (χ1) is 23.8. The predicted octanol–water partition coefficient (Wildman–Crippen LogP) is 4.60. The second-order valence-corrected chi connectivity index (χ2v) is 11.2. The summed E-state index contributed by atoms with van der Waals surface area (Å²) in [6.07, 6.45) is 2.75. The van der Waals surface area contributed by atoms with Gasteiger partial charge in [0.1, 0.15) is 30.9 Å². The molecule has 1 unspecified atom stereocenters. The number of aromatic nitrogens is 4. The zero-order chi connectivity index (χ0) is 34.5. The maximum absolute atomic E-state index is 13.7. The van der Waals surface area contributed by atoms with Gasteiger partial charge in [-0.3, -0.25) is 14.3 Å². The van der Waals surface area contributed by atoms with E-state index in [9.17, 15) is 14.0 Å². The lowest BCUT2D eigenvalue weighted by Crippen LogP contribution is -2.26. The molecule has 1 aliphatic heterocycles. The van der Waals surface area contributed by atoms with E-state index < -0.39 is 17.3 Å². The molecule has 0 saturated heterocycles. The van der Waals surface area contributed by atoms with E-state index >= 15 is 0 Å². The van der Waals surface area contributed by atoms with Crippen LogP contribution in [0.4, 0.5) is 4.39 Å². The van der Waals surface area contributed by atoms with Gasteiger partial charge in [0.25, 0.3) is 11.5 Å². The number of ether oxygens (including phenoxy) is 6. The summed E-state index contributed by atoms with van der Waals surface area (Å²) >= 11 is 0. The summed E-state index contributed by atoms with van der Waals surface area (Å²) in [6, 6.07) is 14.4. The molecular weight excluding hydrogens is 637 g/mol. The van der Waals surface area contributed by atoms with E-state index in [1.165, 1.54) is 42.4 Å². The molecule has 256 valence electrons. The van der Waals surface area contributed by atoms with E-state index in [0.717, 1.165) is 5.56 Å². The third-order valence-electron chi connectivity index (χ3n) is 8.24. The summed E-state index contributed by atoms with van der Waals surface area (Å²) in [6.45, 7) is 1.85. The van der Waals surface area contributed by atoms with Crippen molar-refractivity contribution < 1.29 is 37.6 Å². The van der Waals surface area contributed by atoms with Gasteiger partial charge in [-0.05, 0) is 60.9 Å². The van der Waals surface area contributed by atoms with Crippen molar-refractivity contribution >= 4 is 16.8 Å². The molecule has 0 bridgehead atoms. The van der Waals surface area contributed by atoms with Gasteiger partial charge in [-0.1, -0.05) is 6.07 Å². The van der Waals surface area contributed by atoms with Crippen LogP contribution in [0.15, 0.2) is 65.7 Å². The van der Waals surface area contributed by atoms with Crippen molar-refractivity contribution in [3.05, 3.63) is 93.9 Å². The normalized spacial score (nSPS) is 14.0. The van der Waals surface area contributed by atoms with E-state index in [2.05, 4.69) is 9.97 Å². The lowest BCUT2D eigenvalue weighted by atomic mass is 9.86. The van der Waals surface area contributed by atoms with E-state index in [0.29, 0.717) is 91.1 Å². The molecule has 1 aliphatic rings. The molecule has 0 fully saturated rings. The summed E-state index contributed by atoms with van der Waals surface area (Å²) in [4.78, 5) is 35.1. The number of hydrogen-bond acceptors (Lipinski definition) is 10. The lowest BCUT2D eigenvalue weighted by Gasteiger charge is -2.27. The van der Waals surface area contributed by atoms with Crippen molar-refractivity contribution in [2.45, 2.75) is 25.3 Å². The van der Waals surface area contributed by atoms with Gasteiger partial charge in [0, 0.05) is 32.7 Å². The number of rotatable bonds is 14. The SMILES string of the molecule is COCCOc1cc2ncnc(Oc3ccc(C4CCCn5c4c(C(N)=O)c(=O)n5-c4ccc(F)cc4)cc3OC)c2cc1OCCOC. The standard InChI is InChI=1S/C35H36FN5O8/c1-44-13-15-47-29-18-25-26(19-30(29)48-16-14-45-2)38-20-39-34(25)49-27-11-6-21(17-28(27)46-3)24-5-4-12-40-32(24)31(33(37)42)35(43)41(40)23-9-7-22(36)8-10-23/h6-11,17-20,24H,4-5,12-16H2,1-3H3,(H2,37,42). The molecule has 3 heterocycles. The largest absolute Gasteiger partial charge is 0.493 e. The van der Waals surface area contributed by atoms with Crippen LogP contribution in [0.2, 0.25) is 0 Å². The fourth-order valence-electron chi connectivity index (χ4n) is 6.02. The third-order valence-corrected chi connectivity index (χ3v) is 8.24. The van der Waals surface area contributed by atoms with E-state index in [1.807, 2.05) is 12.1 Å². The second-order valence-electron chi connectivity index (χ2n) is 11.2. The molecule has 14 heteroatoms. The van der Waals surface area contributed by atoms with Crippen molar-refractivity contribution in [2.24, 2.45) is 5.73 Å². The fourth-order valence-corrected chi connectivity index (χ4v) is 6.02. The van der Waals surface area contributed by atoms with E-state index in [4.69, 9.17) is 34.2 Å². The van der Waals surface area contributed by atoms with Crippen molar-refractivity contribution in [3.63, 3.8) is 0 Å². The highest BCUT2D eigenvalue weighted by molar-refractivity contribution is 5.94. The van der Waals surface area contributed by atoms with Crippen LogP contribution in [0.5, 0.6) is 28.9 Å². The number of carbonyl (C=O) groups excluding carboxylic acids is 1. The van der Waals surface area contributed by atoms with Gasteiger partial charge in [0.2, 0.25) is 5.88 Å². The summed E-state index contributed by atoms with van der Waals surface area (Å²) in [5, 5.41) is 0.574. The highest BCUT2D eigenvalue weighted by Crippen LogP contribution is 2.42. The number of fused-ring (bicyclic) bond motifs is 2. The van der Waals surface area contributed by atoms with Gasteiger partial charge < -0.3 is 34.2 Å². The number of nitrogens with zero attached hydrogens (tertiary/aromatic N) is 4. The number of nitrogens with two attached hydrogens (primary N) is 1. The van der Waals surface area contributed by atoms with E-state index in [-0.39, 0.29) is 17.4 Å². The van der Waals surface area contributed by atoms with Crippen LogP contribution in [0, 0.1) is 5.82 Å². The van der Waals surface area contributed by atoms with Crippen molar-refractivity contribution in [3.8, 4) is 34.6 Å². The summed E-state index contributed by atoms with van der Waals surface area (Å²) in [5.74, 6) is 0.352. The molecule has 6 rings (SSSR count). The average Bonchev–Trinajstić information content (AvgIpc) is 3.41. The van der Waals surface area contributed by atoms with Gasteiger partial charge in [0.05, 0.1) is 42.6 Å². The third kappa shape index (κ3) is 6.78. The molecule has 0 spiro atoms. The molecule has 0 saturated carbocycles. The average molecular weight is 674 g/mol. The molecule has 2 N–H and O–H groups in total. The van der Waals surface area contributed by atoms with Crippen LogP contribution < -0.4 is 30.2 Å².